The van der Waals surface area contributed by atoms with Crippen LogP contribution in [-0.2, 0) is 4.79 Å². The molecule has 0 saturated carbocycles. The lowest BCUT2D eigenvalue weighted by atomic mass is 9.94. The molecule has 21 heavy (non-hydrogen) atoms. The van der Waals surface area contributed by atoms with Gasteiger partial charge in [0.25, 0.3) is 0 Å². The topological polar surface area (TPSA) is 55.8 Å². The van der Waals surface area contributed by atoms with Gasteiger partial charge < -0.3 is 15.3 Å². The SMILES string of the molecule is CCNC(C)(CCCCN1CCCN(C)CC1C)C(=O)O. The molecule has 1 aliphatic heterocycles. The minimum Gasteiger partial charge on any atom is -0.480 e. The molecule has 2 N–H and O–H groups in total. The van der Waals surface area contributed by atoms with Crippen LogP contribution >= 0.6 is 0 Å². The van der Waals surface area contributed by atoms with Crippen LogP contribution in [0.3, 0.4) is 0 Å². The van der Waals surface area contributed by atoms with Gasteiger partial charge >= 0.3 is 5.97 Å². The van der Waals surface area contributed by atoms with Gasteiger partial charge in [0, 0.05) is 12.6 Å². The molecule has 0 spiro atoms. The van der Waals surface area contributed by atoms with E-state index in [1.54, 1.807) is 6.92 Å². The number of likely N-dealkylation sites (N-methyl/N-ethyl adjacent to an activating group) is 2. The van der Waals surface area contributed by atoms with Gasteiger partial charge in [-0.25, -0.2) is 0 Å². The Kier molecular flexibility index (Phi) is 7.63. The number of hydrogen-bond donors (Lipinski definition) is 2. The first-order valence-corrected chi connectivity index (χ1v) is 8.30. The van der Waals surface area contributed by atoms with Crippen molar-refractivity contribution in [3.8, 4) is 0 Å². The largest absolute Gasteiger partial charge is 0.480 e. The maximum absolute atomic E-state index is 11.4. The van der Waals surface area contributed by atoms with E-state index in [2.05, 4.69) is 29.1 Å². The third-order valence-corrected chi connectivity index (χ3v) is 4.60. The molecule has 5 heteroatoms. The summed E-state index contributed by atoms with van der Waals surface area (Å²) in [7, 11) is 2.19. The van der Waals surface area contributed by atoms with Crippen LogP contribution in [-0.4, -0.2) is 72.2 Å². The summed E-state index contributed by atoms with van der Waals surface area (Å²) in [6, 6.07) is 0.595. The van der Waals surface area contributed by atoms with Crippen LogP contribution in [0.4, 0.5) is 0 Å². The Morgan fingerprint density at radius 2 is 2.10 bits per heavy atom. The fraction of sp³-hybridized carbons (Fsp3) is 0.938. The molecule has 0 aromatic rings. The Labute approximate surface area is 129 Å². The Morgan fingerprint density at radius 3 is 2.71 bits per heavy atom. The molecule has 1 aliphatic rings. The van der Waals surface area contributed by atoms with E-state index in [-0.39, 0.29) is 0 Å². The molecule has 2 unspecified atom stereocenters. The lowest BCUT2D eigenvalue weighted by Crippen LogP contribution is -2.49. The predicted molar refractivity (Wildman–Crippen MR) is 86.7 cm³/mol. The van der Waals surface area contributed by atoms with Gasteiger partial charge in [-0.1, -0.05) is 6.92 Å². The molecule has 124 valence electrons. The Hall–Kier alpha value is -0.650. The van der Waals surface area contributed by atoms with Crippen LogP contribution in [0.15, 0.2) is 0 Å². The van der Waals surface area contributed by atoms with E-state index in [0.717, 1.165) is 32.5 Å². The molecule has 0 amide bonds. The van der Waals surface area contributed by atoms with Gasteiger partial charge in [0.15, 0.2) is 0 Å². The van der Waals surface area contributed by atoms with E-state index in [0.29, 0.717) is 19.0 Å². The average Bonchev–Trinajstić information content (AvgIpc) is 2.56. The van der Waals surface area contributed by atoms with Crippen LogP contribution < -0.4 is 5.32 Å². The van der Waals surface area contributed by atoms with Gasteiger partial charge in [-0.2, -0.15) is 0 Å². The first kappa shape index (κ1) is 18.4. The third kappa shape index (κ3) is 5.93. The van der Waals surface area contributed by atoms with Crippen molar-refractivity contribution in [3.05, 3.63) is 0 Å². The van der Waals surface area contributed by atoms with E-state index in [1.807, 2.05) is 6.92 Å². The fourth-order valence-corrected chi connectivity index (χ4v) is 3.21. The van der Waals surface area contributed by atoms with E-state index >= 15 is 0 Å². The number of nitrogens with one attached hydrogen (secondary N) is 1. The highest BCUT2D eigenvalue weighted by Crippen LogP contribution is 2.16. The number of carboxylic acid groups (broad SMARTS) is 1. The van der Waals surface area contributed by atoms with Crippen LogP contribution in [0.2, 0.25) is 0 Å². The highest BCUT2D eigenvalue weighted by Gasteiger charge is 2.31. The zero-order chi connectivity index (χ0) is 15.9. The van der Waals surface area contributed by atoms with Crippen LogP contribution in [0.5, 0.6) is 0 Å². The van der Waals surface area contributed by atoms with Gasteiger partial charge in [-0.05, 0) is 72.8 Å². The normalized spacial score (nSPS) is 24.5. The second-order valence-electron chi connectivity index (χ2n) is 6.63. The Balaban J connectivity index is 2.33. The van der Waals surface area contributed by atoms with Gasteiger partial charge in [-0.3, -0.25) is 9.69 Å². The third-order valence-electron chi connectivity index (χ3n) is 4.60. The Morgan fingerprint density at radius 1 is 1.38 bits per heavy atom. The molecule has 2 atom stereocenters. The molecule has 0 radical (unpaired) electrons. The van der Waals surface area contributed by atoms with E-state index in [4.69, 9.17) is 0 Å². The zero-order valence-corrected chi connectivity index (χ0v) is 14.2. The summed E-state index contributed by atoms with van der Waals surface area (Å²) >= 11 is 0. The highest BCUT2D eigenvalue weighted by atomic mass is 16.4. The van der Waals surface area contributed by atoms with Crippen LogP contribution in [0.1, 0.15) is 46.5 Å². The molecule has 1 heterocycles. The van der Waals surface area contributed by atoms with E-state index in [1.165, 1.54) is 13.0 Å². The summed E-state index contributed by atoms with van der Waals surface area (Å²) in [6.45, 7) is 11.3. The number of nitrogens with zero attached hydrogens (tertiary/aromatic N) is 2. The summed E-state index contributed by atoms with van der Waals surface area (Å²) < 4.78 is 0. The quantitative estimate of drug-likeness (QED) is 0.667. The summed E-state index contributed by atoms with van der Waals surface area (Å²) in [5.74, 6) is -0.742. The van der Waals surface area contributed by atoms with Crippen molar-refractivity contribution in [2.75, 3.05) is 39.8 Å². The van der Waals surface area contributed by atoms with Crippen molar-refractivity contribution in [2.45, 2.75) is 58.0 Å². The van der Waals surface area contributed by atoms with E-state index in [9.17, 15) is 9.90 Å². The molecule has 1 rings (SSSR count). The standard InChI is InChI=1S/C16H33N3O2/c1-5-17-16(3,15(20)21)9-6-7-11-19-12-8-10-18(4)13-14(19)2/h14,17H,5-13H2,1-4H3,(H,20,21). The highest BCUT2D eigenvalue weighted by molar-refractivity contribution is 5.78. The van der Waals surface area contributed by atoms with Gasteiger partial charge in [0.2, 0.25) is 0 Å². The lowest BCUT2D eigenvalue weighted by molar-refractivity contribution is -0.144. The zero-order valence-electron chi connectivity index (χ0n) is 14.2. The summed E-state index contributed by atoms with van der Waals surface area (Å²) in [6.07, 6.45) is 3.94. The molecule has 0 aromatic carbocycles. The fourth-order valence-electron chi connectivity index (χ4n) is 3.21. The van der Waals surface area contributed by atoms with Gasteiger partial charge in [0.1, 0.15) is 5.54 Å². The van der Waals surface area contributed by atoms with E-state index < -0.39 is 11.5 Å². The van der Waals surface area contributed by atoms with Crippen molar-refractivity contribution < 1.29 is 9.90 Å². The molecule has 1 saturated heterocycles. The van der Waals surface area contributed by atoms with Gasteiger partial charge in [0.05, 0.1) is 0 Å². The van der Waals surface area contributed by atoms with Crippen molar-refractivity contribution in [1.29, 1.82) is 0 Å². The average molecular weight is 299 g/mol. The van der Waals surface area contributed by atoms with Crippen molar-refractivity contribution in [1.82, 2.24) is 15.1 Å². The maximum atomic E-state index is 11.4. The molecule has 1 fully saturated rings. The molecule has 0 aromatic heterocycles. The van der Waals surface area contributed by atoms with Crippen LogP contribution in [0.25, 0.3) is 0 Å². The number of carbonyl (C=O) groups is 1. The molecule has 0 aliphatic carbocycles. The number of unbranched alkanes of at least 4 members (excludes halogenated alkanes) is 1. The molecule has 5 nitrogen and oxygen atoms in total. The first-order chi connectivity index (χ1) is 9.89. The number of hydrogen-bond acceptors (Lipinski definition) is 4. The lowest BCUT2D eigenvalue weighted by Gasteiger charge is -2.29. The predicted octanol–water partition coefficient (Wildman–Crippen LogP) is 1.64. The number of aliphatic carboxylic acids is 1. The first-order valence-electron chi connectivity index (χ1n) is 8.30. The molecular weight excluding hydrogens is 266 g/mol. The summed E-state index contributed by atoms with van der Waals surface area (Å²) in [5.41, 5.74) is -0.778. The second-order valence-corrected chi connectivity index (χ2v) is 6.63. The van der Waals surface area contributed by atoms with Crippen molar-refractivity contribution >= 4 is 5.97 Å². The number of carboxylic acids is 1. The maximum Gasteiger partial charge on any atom is 0.323 e. The number of rotatable bonds is 8. The minimum atomic E-state index is -0.778. The second kappa shape index (κ2) is 8.71. The Bertz CT molecular complexity index is 325. The van der Waals surface area contributed by atoms with Gasteiger partial charge in [-0.15, -0.1) is 0 Å². The summed E-state index contributed by atoms with van der Waals surface area (Å²) in [4.78, 5) is 16.3. The van der Waals surface area contributed by atoms with Crippen molar-refractivity contribution in [3.63, 3.8) is 0 Å². The monoisotopic (exact) mass is 299 g/mol. The van der Waals surface area contributed by atoms with Crippen molar-refractivity contribution in [2.24, 2.45) is 0 Å². The molecule has 0 bridgehead atoms. The minimum absolute atomic E-state index is 0.595. The molecular formula is C16H33N3O2. The smallest absolute Gasteiger partial charge is 0.323 e. The van der Waals surface area contributed by atoms with Crippen LogP contribution in [0, 0.1) is 0 Å². The summed E-state index contributed by atoms with van der Waals surface area (Å²) in [5, 5.41) is 12.4.